The second-order valence-electron chi connectivity index (χ2n) is 6.80. The number of hydrogen-bond donors (Lipinski definition) is 2. The molecule has 0 radical (unpaired) electrons. The van der Waals surface area contributed by atoms with Gasteiger partial charge in [-0.3, -0.25) is 9.59 Å². The summed E-state index contributed by atoms with van der Waals surface area (Å²) in [4.78, 5) is 29.0. The molecule has 0 spiro atoms. The van der Waals surface area contributed by atoms with Crippen molar-refractivity contribution in [2.75, 3.05) is 5.32 Å². The number of carbonyl (C=O) groups excluding carboxylic acids is 2. The van der Waals surface area contributed by atoms with Gasteiger partial charge in [0.1, 0.15) is 5.75 Å². The Labute approximate surface area is 173 Å². The summed E-state index contributed by atoms with van der Waals surface area (Å²) < 4.78 is 5.78. The van der Waals surface area contributed by atoms with E-state index in [4.69, 9.17) is 16.3 Å². The largest absolute Gasteiger partial charge is 0.504 e. The van der Waals surface area contributed by atoms with Gasteiger partial charge in [0, 0.05) is 22.3 Å². The van der Waals surface area contributed by atoms with Crippen LogP contribution in [0.1, 0.15) is 29.8 Å². The summed E-state index contributed by atoms with van der Waals surface area (Å²) in [6, 6.07) is 16.1. The zero-order chi connectivity index (χ0) is 21.0. The molecule has 6 nitrogen and oxygen atoms in total. The Balaban J connectivity index is 1.69. The standard InChI is InChI=1S/C22H19ClN2O4/c1-22(2,21(28)25-20-18(26)4-3-13-24-20)29-17-11-7-15(8-12-17)19(27)14-5-9-16(23)10-6-14/h3-13,26H,1-2H3,(H,24,25,28). The maximum atomic E-state index is 12.5. The van der Waals surface area contributed by atoms with Crippen LogP contribution in [0.4, 0.5) is 5.82 Å². The number of amides is 1. The quantitative estimate of drug-likeness (QED) is 0.585. The van der Waals surface area contributed by atoms with Gasteiger partial charge in [-0.15, -0.1) is 0 Å². The summed E-state index contributed by atoms with van der Waals surface area (Å²) in [5.41, 5.74) is -0.232. The zero-order valence-electron chi connectivity index (χ0n) is 15.8. The molecule has 0 aliphatic carbocycles. The fourth-order valence-electron chi connectivity index (χ4n) is 2.53. The predicted octanol–water partition coefficient (Wildman–Crippen LogP) is 4.47. The summed E-state index contributed by atoms with van der Waals surface area (Å²) in [5, 5.41) is 12.8. The molecule has 0 fully saturated rings. The van der Waals surface area contributed by atoms with Crippen molar-refractivity contribution in [3.05, 3.63) is 83.0 Å². The van der Waals surface area contributed by atoms with E-state index in [9.17, 15) is 14.7 Å². The van der Waals surface area contributed by atoms with Gasteiger partial charge < -0.3 is 15.2 Å². The Kier molecular flexibility index (Phi) is 5.84. The van der Waals surface area contributed by atoms with Crippen LogP contribution >= 0.6 is 11.6 Å². The molecule has 1 heterocycles. The molecular formula is C22H19ClN2O4. The van der Waals surface area contributed by atoms with Crippen molar-refractivity contribution in [1.82, 2.24) is 4.98 Å². The number of nitrogens with zero attached hydrogens (tertiary/aromatic N) is 1. The third kappa shape index (κ3) is 4.92. The first kappa shape index (κ1) is 20.4. The van der Waals surface area contributed by atoms with Crippen molar-refractivity contribution in [1.29, 1.82) is 0 Å². The topological polar surface area (TPSA) is 88.5 Å². The van der Waals surface area contributed by atoms with Crippen LogP contribution in [0.2, 0.25) is 5.02 Å². The first-order chi connectivity index (χ1) is 13.8. The van der Waals surface area contributed by atoms with Gasteiger partial charge in [-0.25, -0.2) is 4.98 Å². The Morgan fingerprint density at radius 3 is 2.17 bits per heavy atom. The van der Waals surface area contributed by atoms with Crippen LogP contribution in [0.5, 0.6) is 11.5 Å². The van der Waals surface area contributed by atoms with Gasteiger partial charge in [-0.1, -0.05) is 11.6 Å². The van der Waals surface area contributed by atoms with Crippen molar-refractivity contribution >= 4 is 29.1 Å². The van der Waals surface area contributed by atoms with E-state index in [0.29, 0.717) is 21.9 Å². The van der Waals surface area contributed by atoms with Gasteiger partial charge in [0.25, 0.3) is 5.91 Å². The van der Waals surface area contributed by atoms with Gasteiger partial charge in [-0.05, 0) is 74.5 Å². The molecule has 3 rings (SSSR count). The third-order valence-corrected chi connectivity index (χ3v) is 4.41. The van der Waals surface area contributed by atoms with Gasteiger partial charge in [-0.2, -0.15) is 0 Å². The van der Waals surface area contributed by atoms with Gasteiger partial charge in [0.15, 0.2) is 23.0 Å². The smallest absolute Gasteiger partial charge is 0.269 e. The first-order valence-corrected chi connectivity index (χ1v) is 9.19. The minimum absolute atomic E-state index is 0.0538. The summed E-state index contributed by atoms with van der Waals surface area (Å²) in [7, 11) is 0. The lowest BCUT2D eigenvalue weighted by atomic mass is 10.0. The van der Waals surface area contributed by atoms with Crippen LogP contribution in [-0.4, -0.2) is 27.4 Å². The fourth-order valence-corrected chi connectivity index (χ4v) is 2.66. The molecule has 0 unspecified atom stereocenters. The van der Waals surface area contributed by atoms with Crippen LogP contribution in [0.15, 0.2) is 66.9 Å². The number of rotatable bonds is 6. The molecule has 0 bridgehead atoms. The molecule has 0 aliphatic heterocycles. The molecule has 3 aromatic rings. The molecule has 29 heavy (non-hydrogen) atoms. The number of aromatic hydroxyl groups is 1. The lowest BCUT2D eigenvalue weighted by Crippen LogP contribution is -2.42. The highest BCUT2D eigenvalue weighted by Gasteiger charge is 2.31. The van der Waals surface area contributed by atoms with Crippen molar-refractivity contribution in [2.24, 2.45) is 0 Å². The summed E-state index contributed by atoms with van der Waals surface area (Å²) in [6.45, 7) is 3.18. The summed E-state index contributed by atoms with van der Waals surface area (Å²) in [5.74, 6) is -0.286. The fraction of sp³-hybridized carbons (Fsp3) is 0.136. The molecule has 0 saturated heterocycles. The molecule has 1 aromatic heterocycles. The molecular weight excluding hydrogens is 392 g/mol. The molecule has 2 N–H and O–H groups in total. The van der Waals surface area contributed by atoms with E-state index in [2.05, 4.69) is 10.3 Å². The summed E-state index contributed by atoms with van der Waals surface area (Å²) in [6.07, 6.45) is 1.46. The maximum Gasteiger partial charge on any atom is 0.269 e. The molecule has 7 heteroatoms. The number of benzene rings is 2. The Morgan fingerprint density at radius 2 is 1.59 bits per heavy atom. The van der Waals surface area contributed by atoms with Crippen molar-refractivity contribution in [2.45, 2.75) is 19.4 Å². The number of carbonyl (C=O) groups is 2. The van der Waals surface area contributed by atoms with Crippen LogP contribution in [0.25, 0.3) is 0 Å². The van der Waals surface area contributed by atoms with Gasteiger partial charge in [0.2, 0.25) is 0 Å². The van der Waals surface area contributed by atoms with E-state index in [1.807, 2.05) is 0 Å². The highest BCUT2D eigenvalue weighted by Crippen LogP contribution is 2.24. The minimum atomic E-state index is -1.24. The predicted molar refractivity (Wildman–Crippen MR) is 111 cm³/mol. The number of ketones is 1. The van der Waals surface area contributed by atoms with Crippen LogP contribution in [-0.2, 0) is 4.79 Å². The maximum absolute atomic E-state index is 12.5. The number of halogens is 1. The molecule has 0 saturated carbocycles. The zero-order valence-corrected chi connectivity index (χ0v) is 16.6. The van der Waals surface area contributed by atoms with E-state index in [1.165, 1.54) is 12.3 Å². The minimum Gasteiger partial charge on any atom is -0.504 e. The van der Waals surface area contributed by atoms with Gasteiger partial charge in [0.05, 0.1) is 0 Å². The van der Waals surface area contributed by atoms with Crippen LogP contribution < -0.4 is 10.1 Å². The van der Waals surface area contributed by atoms with E-state index in [-0.39, 0.29) is 17.4 Å². The number of hydrogen-bond acceptors (Lipinski definition) is 5. The average Bonchev–Trinajstić information content (AvgIpc) is 2.70. The first-order valence-electron chi connectivity index (χ1n) is 8.81. The molecule has 148 valence electrons. The number of nitrogens with one attached hydrogen (secondary N) is 1. The average molecular weight is 411 g/mol. The van der Waals surface area contributed by atoms with Crippen LogP contribution in [0, 0.1) is 0 Å². The van der Waals surface area contributed by atoms with E-state index in [1.54, 1.807) is 68.4 Å². The lowest BCUT2D eigenvalue weighted by molar-refractivity contribution is -0.128. The number of aromatic nitrogens is 1. The van der Waals surface area contributed by atoms with E-state index < -0.39 is 11.5 Å². The third-order valence-electron chi connectivity index (χ3n) is 4.16. The number of anilines is 1. The van der Waals surface area contributed by atoms with Crippen LogP contribution in [0.3, 0.4) is 0 Å². The van der Waals surface area contributed by atoms with Crippen molar-refractivity contribution in [3.8, 4) is 11.5 Å². The SMILES string of the molecule is CC(C)(Oc1ccc(C(=O)c2ccc(Cl)cc2)cc1)C(=O)Nc1ncccc1O. The second-order valence-corrected chi connectivity index (χ2v) is 7.23. The molecule has 0 atom stereocenters. The Hall–Kier alpha value is -3.38. The van der Waals surface area contributed by atoms with Crippen molar-refractivity contribution in [3.63, 3.8) is 0 Å². The normalized spacial score (nSPS) is 11.0. The molecule has 2 aromatic carbocycles. The second kappa shape index (κ2) is 8.32. The van der Waals surface area contributed by atoms with Gasteiger partial charge >= 0.3 is 0 Å². The molecule has 0 aliphatic rings. The highest BCUT2D eigenvalue weighted by atomic mass is 35.5. The van der Waals surface area contributed by atoms with Crippen molar-refractivity contribution < 1.29 is 19.4 Å². The summed E-state index contributed by atoms with van der Waals surface area (Å²) >= 11 is 5.85. The number of pyridine rings is 1. The monoisotopic (exact) mass is 410 g/mol. The Morgan fingerprint density at radius 1 is 1.00 bits per heavy atom. The Bertz CT molecular complexity index is 1030. The number of ether oxygens (including phenoxy) is 1. The highest BCUT2D eigenvalue weighted by molar-refractivity contribution is 6.30. The molecule has 1 amide bonds. The van der Waals surface area contributed by atoms with E-state index in [0.717, 1.165) is 0 Å². The van der Waals surface area contributed by atoms with E-state index >= 15 is 0 Å². The lowest BCUT2D eigenvalue weighted by Gasteiger charge is -2.25.